The van der Waals surface area contributed by atoms with Crippen molar-refractivity contribution in [2.75, 3.05) is 0 Å². The van der Waals surface area contributed by atoms with Crippen LogP contribution in [-0.2, 0) is 17.7 Å². The molecule has 1 aromatic carbocycles. The second-order valence-corrected chi connectivity index (χ2v) is 8.27. The molecule has 0 bridgehead atoms. The third-order valence-electron chi connectivity index (χ3n) is 5.20. The molecule has 2 aromatic rings. The van der Waals surface area contributed by atoms with E-state index in [0.29, 0.717) is 21.8 Å². The molecule has 0 spiro atoms. The van der Waals surface area contributed by atoms with E-state index >= 15 is 0 Å². The summed E-state index contributed by atoms with van der Waals surface area (Å²) in [5, 5.41) is 0.572. The molecule has 2 amide bonds. The molecular formula is C20H19NO4S. The lowest BCUT2D eigenvalue weighted by atomic mass is 9.81. The van der Waals surface area contributed by atoms with Crippen LogP contribution >= 0.6 is 11.3 Å². The molecule has 0 saturated carbocycles. The van der Waals surface area contributed by atoms with E-state index in [0.717, 1.165) is 19.3 Å². The van der Waals surface area contributed by atoms with Gasteiger partial charge < -0.3 is 4.84 Å². The molecule has 4 rings (SSSR count). The Labute approximate surface area is 155 Å². The van der Waals surface area contributed by atoms with Crippen molar-refractivity contribution >= 4 is 29.1 Å². The van der Waals surface area contributed by atoms with Crippen molar-refractivity contribution < 1.29 is 19.2 Å². The summed E-state index contributed by atoms with van der Waals surface area (Å²) in [7, 11) is 0. The standard InChI is InChI=1S/C20H19NO4S/c1-11(2)12-7-8-16-13(9-12)10-17(26-16)20(24)25-21-18(22)14-5-3-4-6-15(14)19(21)23/h3-6,10-12H,7-9H2,1-2H3. The molecule has 1 aromatic heterocycles. The molecule has 134 valence electrons. The number of hydrogen-bond acceptors (Lipinski definition) is 5. The Morgan fingerprint density at radius 1 is 1.19 bits per heavy atom. The molecule has 0 saturated heterocycles. The predicted molar refractivity (Wildman–Crippen MR) is 97.0 cm³/mol. The van der Waals surface area contributed by atoms with Crippen molar-refractivity contribution in [2.45, 2.75) is 33.1 Å². The van der Waals surface area contributed by atoms with Crippen LogP contribution in [-0.4, -0.2) is 22.8 Å². The quantitative estimate of drug-likeness (QED) is 0.771. The number of imide groups is 1. The van der Waals surface area contributed by atoms with E-state index in [1.165, 1.54) is 21.8 Å². The summed E-state index contributed by atoms with van der Waals surface area (Å²) in [6.45, 7) is 4.44. The topological polar surface area (TPSA) is 63.7 Å². The number of aryl methyl sites for hydroxylation is 1. The number of benzene rings is 1. The van der Waals surface area contributed by atoms with Crippen LogP contribution in [0.15, 0.2) is 30.3 Å². The number of fused-ring (bicyclic) bond motifs is 2. The van der Waals surface area contributed by atoms with Crippen LogP contribution in [0.4, 0.5) is 0 Å². The highest BCUT2D eigenvalue weighted by Crippen LogP contribution is 2.35. The number of rotatable bonds is 3. The molecule has 1 aliphatic heterocycles. The van der Waals surface area contributed by atoms with Gasteiger partial charge in [-0.2, -0.15) is 0 Å². The molecule has 1 aliphatic carbocycles. The van der Waals surface area contributed by atoms with Gasteiger partial charge in [-0.25, -0.2) is 4.79 Å². The van der Waals surface area contributed by atoms with Gasteiger partial charge in [-0.1, -0.05) is 31.0 Å². The Bertz CT molecular complexity index is 879. The first-order valence-electron chi connectivity index (χ1n) is 8.77. The van der Waals surface area contributed by atoms with Gasteiger partial charge in [-0.05, 0) is 54.9 Å². The Kier molecular flexibility index (Phi) is 4.15. The first-order chi connectivity index (χ1) is 12.5. The fourth-order valence-electron chi connectivity index (χ4n) is 3.60. The summed E-state index contributed by atoms with van der Waals surface area (Å²) in [6, 6.07) is 8.31. The lowest BCUT2D eigenvalue weighted by Crippen LogP contribution is -2.32. The van der Waals surface area contributed by atoms with Crippen LogP contribution < -0.4 is 0 Å². The summed E-state index contributed by atoms with van der Waals surface area (Å²) in [4.78, 5) is 44.0. The molecule has 26 heavy (non-hydrogen) atoms. The Hall–Kier alpha value is -2.47. The molecule has 2 aliphatic rings. The number of hydrogen-bond donors (Lipinski definition) is 0. The van der Waals surface area contributed by atoms with E-state index < -0.39 is 17.8 Å². The Morgan fingerprint density at radius 2 is 1.85 bits per heavy atom. The van der Waals surface area contributed by atoms with Crippen LogP contribution in [0.3, 0.4) is 0 Å². The number of carbonyl (C=O) groups is 3. The minimum absolute atomic E-state index is 0.260. The number of hydroxylamine groups is 2. The van der Waals surface area contributed by atoms with Gasteiger partial charge >= 0.3 is 5.97 Å². The summed E-state index contributed by atoms with van der Waals surface area (Å²) in [5.74, 6) is -0.616. The second kappa shape index (κ2) is 6.36. The zero-order valence-electron chi connectivity index (χ0n) is 14.7. The summed E-state index contributed by atoms with van der Waals surface area (Å²) in [5.41, 5.74) is 1.71. The highest BCUT2D eigenvalue weighted by molar-refractivity contribution is 7.14. The summed E-state index contributed by atoms with van der Waals surface area (Å²) < 4.78 is 0. The highest BCUT2D eigenvalue weighted by Gasteiger charge is 2.39. The van der Waals surface area contributed by atoms with E-state index in [9.17, 15) is 14.4 Å². The molecule has 0 radical (unpaired) electrons. The van der Waals surface area contributed by atoms with Gasteiger partial charge in [-0.15, -0.1) is 11.3 Å². The molecule has 2 heterocycles. The number of carbonyl (C=O) groups excluding carboxylic acids is 3. The largest absolute Gasteiger partial charge is 0.373 e. The van der Waals surface area contributed by atoms with Crippen molar-refractivity contribution in [3.05, 3.63) is 56.8 Å². The summed E-state index contributed by atoms with van der Waals surface area (Å²) >= 11 is 1.40. The normalized spacial score (nSPS) is 18.9. The van der Waals surface area contributed by atoms with E-state index in [1.807, 2.05) is 6.07 Å². The third-order valence-corrected chi connectivity index (χ3v) is 6.41. The molecule has 1 unspecified atom stereocenters. The van der Waals surface area contributed by atoms with Gasteiger partial charge in [0.15, 0.2) is 0 Å². The zero-order chi connectivity index (χ0) is 18.4. The number of nitrogens with zero attached hydrogens (tertiary/aromatic N) is 1. The van der Waals surface area contributed by atoms with Gasteiger partial charge in [0.2, 0.25) is 0 Å². The minimum atomic E-state index is -0.653. The maximum atomic E-state index is 12.5. The molecule has 6 heteroatoms. The molecule has 0 fully saturated rings. The summed E-state index contributed by atoms with van der Waals surface area (Å²) in [6.07, 6.45) is 3.05. The molecule has 1 atom stereocenters. The lowest BCUT2D eigenvalue weighted by molar-refractivity contribution is -0.0581. The van der Waals surface area contributed by atoms with E-state index in [2.05, 4.69) is 13.8 Å². The molecule has 0 N–H and O–H groups in total. The first kappa shape index (κ1) is 17.0. The molecular weight excluding hydrogens is 350 g/mol. The molecule has 5 nitrogen and oxygen atoms in total. The fourth-order valence-corrected chi connectivity index (χ4v) is 4.68. The van der Waals surface area contributed by atoms with Crippen molar-refractivity contribution in [1.82, 2.24) is 5.06 Å². The zero-order valence-corrected chi connectivity index (χ0v) is 15.5. The first-order valence-corrected chi connectivity index (χ1v) is 9.59. The van der Waals surface area contributed by atoms with Gasteiger partial charge in [-0.3, -0.25) is 9.59 Å². The van der Waals surface area contributed by atoms with E-state index in [1.54, 1.807) is 24.3 Å². The van der Waals surface area contributed by atoms with Crippen molar-refractivity contribution in [1.29, 1.82) is 0 Å². The van der Waals surface area contributed by atoms with Crippen LogP contribution in [0.5, 0.6) is 0 Å². The van der Waals surface area contributed by atoms with E-state index in [-0.39, 0.29) is 11.1 Å². The average Bonchev–Trinajstić information content (AvgIpc) is 3.16. The fraction of sp³-hybridized carbons (Fsp3) is 0.350. The smallest absolute Gasteiger partial charge is 0.323 e. The van der Waals surface area contributed by atoms with Gasteiger partial charge in [0.05, 0.1) is 11.1 Å². The maximum Gasteiger partial charge on any atom is 0.373 e. The van der Waals surface area contributed by atoms with Crippen LogP contribution in [0.2, 0.25) is 0 Å². The lowest BCUT2D eigenvalue weighted by Gasteiger charge is -2.25. The van der Waals surface area contributed by atoms with Gasteiger partial charge in [0, 0.05) is 4.88 Å². The van der Waals surface area contributed by atoms with Crippen LogP contribution in [0.25, 0.3) is 0 Å². The number of thiophene rings is 1. The Balaban J connectivity index is 1.52. The predicted octanol–water partition coefficient (Wildman–Crippen LogP) is 3.88. The maximum absolute atomic E-state index is 12.5. The third kappa shape index (κ3) is 2.74. The van der Waals surface area contributed by atoms with Gasteiger partial charge in [0.1, 0.15) is 4.88 Å². The number of amides is 2. The monoisotopic (exact) mass is 369 g/mol. The van der Waals surface area contributed by atoms with Gasteiger partial charge in [0.25, 0.3) is 11.8 Å². The van der Waals surface area contributed by atoms with Crippen molar-refractivity contribution in [3.63, 3.8) is 0 Å². The highest BCUT2D eigenvalue weighted by atomic mass is 32.1. The second-order valence-electron chi connectivity index (χ2n) is 7.13. The average molecular weight is 369 g/mol. The SMILES string of the molecule is CC(C)C1CCc2sc(C(=O)ON3C(=O)c4ccccc4C3=O)cc2C1. The van der Waals surface area contributed by atoms with Crippen LogP contribution in [0.1, 0.15) is 61.1 Å². The van der Waals surface area contributed by atoms with Crippen molar-refractivity contribution in [3.8, 4) is 0 Å². The van der Waals surface area contributed by atoms with E-state index in [4.69, 9.17) is 4.84 Å². The van der Waals surface area contributed by atoms with Crippen molar-refractivity contribution in [2.24, 2.45) is 11.8 Å². The Morgan fingerprint density at radius 3 is 2.46 bits per heavy atom. The minimum Gasteiger partial charge on any atom is -0.323 e. The van der Waals surface area contributed by atoms with Crippen LogP contribution in [0, 0.1) is 11.8 Å².